The van der Waals surface area contributed by atoms with Gasteiger partial charge in [0.15, 0.2) is 0 Å². The molecule has 8 rings (SSSR count). The van der Waals surface area contributed by atoms with Gasteiger partial charge in [0.1, 0.15) is 0 Å². The third-order valence-corrected chi connectivity index (χ3v) is 12.6. The molecule has 0 aliphatic heterocycles. The summed E-state index contributed by atoms with van der Waals surface area (Å²) in [5, 5.41) is 2.62. The van der Waals surface area contributed by atoms with Crippen molar-refractivity contribution in [3.05, 3.63) is 155 Å². The van der Waals surface area contributed by atoms with Gasteiger partial charge in [-0.1, -0.05) is 145 Å². The number of benzene rings is 6. The van der Waals surface area contributed by atoms with Gasteiger partial charge in [0.05, 0.1) is 11.0 Å². The van der Waals surface area contributed by atoms with Gasteiger partial charge in [0.25, 0.3) is 0 Å². The Morgan fingerprint density at radius 1 is 0.386 bits per heavy atom. The van der Waals surface area contributed by atoms with Gasteiger partial charge in [-0.3, -0.25) is 0 Å². The Bertz CT molecular complexity index is 2580. The minimum Gasteiger partial charge on any atom is -0.310 e. The SMILES string of the molecule is CC(C)(C)c1ccc(N(c2ccc(C(C)(C)C)cc2)c2ccc3c(c2)C(C)(C)c2cc4c(cc2-3)c2cc(C(C)(C)C)ccc2n4-c2ccc(C(C)(C)C)cc2)cc1. The minimum atomic E-state index is -0.208. The number of fused-ring (bicyclic) bond motifs is 6. The highest BCUT2D eigenvalue weighted by atomic mass is 15.1. The first kappa shape index (κ1) is 38.8. The molecule has 6 aromatic carbocycles. The molecule has 57 heavy (non-hydrogen) atoms. The Morgan fingerprint density at radius 3 is 1.30 bits per heavy atom. The average molecular weight is 751 g/mol. The van der Waals surface area contributed by atoms with Crippen LogP contribution >= 0.6 is 0 Å². The first-order chi connectivity index (χ1) is 26.5. The smallest absolute Gasteiger partial charge is 0.0544 e. The van der Waals surface area contributed by atoms with Gasteiger partial charge in [-0.2, -0.15) is 0 Å². The molecule has 2 nitrogen and oxygen atoms in total. The summed E-state index contributed by atoms with van der Waals surface area (Å²) in [5.41, 5.74) is 18.1. The molecule has 292 valence electrons. The average Bonchev–Trinajstić information content (AvgIpc) is 3.57. The highest BCUT2D eigenvalue weighted by Gasteiger charge is 2.37. The molecule has 0 spiro atoms. The van der Waals surface area contributed by atoms with E-state index in [9.17, 15) is 0 Å². The predicted molar refractivity (Wildman–Crippen MR) is 248 cm³/mol. The van der Waals surface area contributed by atoms with Crippen molar-refractivity contribution in [3.63, 3.8) is 0 Å². The molecule has 7 aromatic rings. The molecule has 1 aliphatic carbocycles. The summed E-state index contributed by atoms with van der Waals surface area (Å²) in [7, 11) is 0. The van der Waals surface area contributed by atoms with E-state index in [2.05, 4.69) is 228 Å². The van der Waals surface area contributed by atoms with Crippen LogP contribution in [-0.2, 0) is 27.1 Å². The Kier molecular flexibility index (Phi) is 8.82. The molecule has 1 aliphatic rings. The zero-order valence-corrected chi connectivity index (χ0v) is 36.9. The lowest BCUT2D eigenvalue weighted by atomic mass is 9.82. The van der Waals surface area contributed by atoms with Crippen molar-refractivity contribution in [1.29, 1.82) is 0 Å². The van der Waals surface area contributed by atoms with E-state index < -0.39 is 0 Å². The van der Waals surface area contributed by atoms with Gasteiger partial charge in [-0.05, 0) is 139 Å². The van der Waals surface area contributed by atoms with E-state index in [4.69, 9.17) is 0 Å². The monoisotopic (exact) mass is 750 g/mol. The number of hydrogen-bond donors (Lipinski definition) is 0. The standard InChI is InChI=1S/C55H62N2/c1-51(2,3)35-15-22-39(23-16-35)56(40-24-17-36(18-25-40)52(4,5)6)42-28-29-43-44-33-46-45-31-38(54(10,11)12)21-30-49(45)57(41-26-19-37(20-27-41)53(7,8)9)50(46)34-48(44)55(13,14)47(43)32-42/h15-34H,1-14H3. The summed E-state index contributed by atoms with van der Waals surface area (Å²) >= 11 is 0. The van der Waals surface area contributed by atoms with Crippen molar-refractivity contribution in [1.82, 2.24) is 4.57 Å². The fourth-order valence-electron chi connectivity index (χ4n) is 8.90. The van der Waals surface area contributed by atoms with Crippen molar-refractivity contribution < 1.29 is 0 Å². The highest BCUT2D eigenvalue weighted by molar-refractivity contribution is 6.12. The molecule has 0 radical (unpaired) electrons. The van der Waals surface area contributed by atoms with Gasteiger partial charge in [0.2, 0.25) is 0 Å². The molecule has 0 bridgehead atoms. The maximum absolute atomic E-state index is 2.51. The number of rotatable bonds is 4. The summed E-state index contributed by atoms with van der Waals surface area (Å²) in [4.78, 5) is 2.44. The molecule has 0 fully saturated rings. The Balaban J connectivity index is 1.31. The molecule has 0 amide bonds. The second kappa shape index (κ2) is 13.0. The summed E-state index contributed by atoms with van der Waals surface area (Å²) in [6.45, 7) is 32.3. The lowest BCUT2D eigenvalue weighted by Crippen LogP contribution is -2.17. The molecular weight excluding hydrogens is 689 g/mol. The molecule has 0 N–H and O–H groups in total. The van der Waals surface area contributed by atoms with Crippen LogP contribution in [0.15, 0.2) is 121 Å². The molecule has 2 heteroatoms. The number of anilines is 3. The third-order valence-electron chi connectivity index (χ3n) is 12.6. The minimum absolute atomic E-state index is 0.0463. The van der Waals surface area contributed by atoms with E-state index in [1.54, 1.807) is 0 Å². The summed E-state index contributed by atoms with van der Waals surface area (Å²) in [6, 6.07) is 46.9. The van der Waals surface area contributed by atoms with Crippen molar-refractivity contribution in [2.75, 3.05) is 4.90 Å². The van der Waals surface area contributed by atoms with E-state index in [0.29, 0.717) is 0 Å². The van der Waals surface area contributed by atoms with Crippen LogP contribution in [0.4, 0.5) is 17.1 Å². The number of hydrogen-bond acceptors (Lipinski definition) is 1. The Labute approximate surface area is 342 Å². The number of aromatic nitrogens is 1. The van der Waals surface area contributed by atoms with Crippen molar-refractivity contribution in [2.24, 2.45) is 0 Å². The summed E-state index contributed by atoms with van der Waals surface area (Å²) in [5.74, 6) is 0. The predicted octanol–water partition coefficient (Wildman–Crippen LogP) is 15.7. The van der Waals surface area contributed by atoms with Gasteiger partial charge in [-0.25, -0.2) is 0 Å². The van der Waals surface area contributed by atoms with Crippen LogP contribution in [0.1, 0.15) is 130 Å². The fourth-order valence-corrected chi connectivity index (χ4v) is 8.90. The first-order valence-corrected chi connectivity index (χ1v) is 20.9. The highest BCUT2D eigenvalue weighted by Crippen LogP contribution is 2.53. The molecule has 0 unspecified atom stereocenters. The van der Waals surface area contributed by atoms with Crippen LogP contribution in [0.25, 0.3) is 38.6 Å². The second-order valence-electron chi connectivity index (χ2n) is 21.3. The van der Waals surface area contributed by atoms with Crippen LogP contribution in [0.2, 0.25) is 0 Å². The van der Waals surface area contributed by atoms with Crippen LogP contribution in [0.5, 0.6) is 0 Å². The largest absolute Gasteiger partial charge is 0.310 e. The molecule has 0 saturated heterocycles. The summed E-state index contributed by atoms with van der Waals surface area (Å²) in [6.07, 6.45) is 0. The van der Waals surface area contributed by atoms with E-state index in [-0.39, 0.29) is 27.1 Å². The fraction of sp³-hybridized carbons (Fsp3) is 0.345. The van der Waals surface area contributed by atoms with Crippen molar-refractivity contribution in [3.8, 4) is 16.8 Å². The topological polar surface area (TPSA) is 8.17 Å². The van der Waals surface area contributed by atoms with Crippen LogP contribution < -0.4 is 4.90 Å². The Hall–Kier alpha value is -5.08. The van der Waals surface area contributed by atoms with E-state index in [1.807, 2.05) is 0 Å². The van der Waals surface area contributed by atoms with Crippen LogP contribution in [0.3, 0.4) is 0 Å². The lowest BCUT2D eigenvalue weighted by Gasteiger charge is -2.29. The quantitative estimate of drug-likeness (QED) is 0.174. The lowest BCUT2D eigenvalue weighted by molar-refractivity contribution is 0.590. The second-order valence-corrected chi connectivity index (χ2v) is 21.3. The zero-order valence-electron chi connectivity index (χ0n) is 36.9. The third kappa shape index (κ3) is 6.69. The van der Waals surface area contributed by atoms with Crippen molar-refractivity contribution >= 4 is 38.9 Å². The van der Waals surface area contributed by atoms with Crippen molar-refractivity contribution in [2.45, 2.75) is 124 Å². The van der Waals surface area contributed by atoms with Crippen LogP contribution in [0, 0.1) is 0 Å². The maximum atomic E-state index is 2.51. The van der Waals surface area contributed by atoms with Gasteiger partial charge < -0.3 is 9.47 Å². The van der Waals surface area contributed by atoms with Gasteiger partial charge in [-0.15, -0.1) is 0 Å². The molecule has 0 saturated carbocycles. The summed E-state index contributed by atoms with van der Waals surface area (Å²) < 4.78 is 2.50. The van der Waals surface area contributed by atoms with Gasteiger partial charge in [0, 0.05) is 38.9 Å². The zero-order chi connectivity index (χ0) is 41.0. The van der Waals surface area contributed by atoms with E-state index >= 15 is 0 Å². The molecule has 1 heterocycles. The Morgan fingerprint density at radius 2 is 0.807 bits per heavy atom. The molecule has 0 atom stereocenters. The molecular formula is C55H62N2. The molecule has 1 aromatic heterocycles. The van der Waals surface area contributed by atoms with E-state index in [1.165, 1.54) is 77.7 Å². The maximum Gasteiger partial charge on any atom is 0.0544 e. The normalized spacial score (nSPS) is 14.3. The van der Waals surface area contributed by atoms with Crippen LogP contribution in [-0.4, -0.2) is 4.57 Å². The van der Waals surface area contributed by atoms with Gasteiger partial charge >= 0.3 is 0 Å². The number of nitrogens with zero attached hydrogens (tertiary/aromatic N) is 2. The first-order valence-electron chi connectivity index (χ1n) is 20.9. The van der Waals surface area contributed by atoms with E-state index in [0.717, 1.165) is 11.4 Å².